The van der Waals surface area contributed by atoms with Gasteiger partial charge < -0.3 is 14.2 Å². The third-order valence-electron chi connectivity index (χ3n) is 4.87. The minimum atomic E-state index is -0.0904. The van der Waals surface area contributed by atoms with E-state index in [0.29, 0.717) is 31.1 Å². The SMILES string of the molecule is CCN(CC1CCCCO1)C(=O)c1cc(CN(C)Cc2ccccc2)on1. The van der Waals surface area contributed by atoms with Crippen LogP contribution >= 0.6 is 0 Å². The molecule has 146 valence electrons. The van der Waals surface area contributed by atoms with E-state index in [1.807, 2.05) is 32.2 Å². The number of aromatic nitrogens is 1. The van der Waals surface area contributed by atoms with Gasteiger partial charge in [-0.3, -0.25) is 9.69 Å². The molecule has 1 saturated heterocycles. The predicted octanol–water partition coefficient (Wildman–Crippen LogP) is 3.34. The molecule has 1 unspecified atom stereocenters. The van der Waals surface area contributed by atoms with Gasteiger partial charge in [-0.05, 0) is 38.8 Å². The topological polar surface area (TPSA) is 58.8 Å². The third kappa shape index (κ3) is 5.65. The summed E-state index contributed by atoms with van der Waals surface area (Å²) in [6, 6.07) is 12.0. The Hall–Kier alpha value is -2.18. The van der Waals surface area contributed by atoms with Crippen LogP contribution in [-0.4, -0.2) is 53.7 Å². The molecule has 2 aromatic rings. The van der Waals surface area contributed by atoms with Gasteiger partial charge in [-0.2, -0.15) is 0 Å². The van der Waals surface area contributed by atoms with E-state index in [0.717, 1.165) is 32.4 Å². The van der Waals surface area contributed by atoms with Crippen molar-refractivity contribution in [2.24, 2.45) is 0 Å². The second kappa shape index (κ2) is 9.67. The average Bonchev–Trinajstić information content (AvgIpc) is 3.15. The lowest BCUT2D eigenvalue weighted by Gasteiger charge is -2.28. The Morgan fingerprint density at radius 3 is 2.74 bits per heavy atom. The van der Waals surface area contributed by atoms with Crippen molar-refractivity contribution in [3.63, 3.8) is 0 Å². The van der Waals surface area contributed by atoms with Crippen molar-refractivity contribution in [3.05, 3.63) is 53.4 Å². The standard InChI is InChI=1S/C21H29N3O3/c1-3-24(16-18-11-7-8-12-26-18)21(25)20-13-19(27-22-20)15-23(2)14-17-9-5-4-6-10-17/h4-6,9-10,13,18H,3,7-8,11-12,14-16H2,1-2H3. The van der Waals surface area contributed by atoms with Gasteiger partial charge in [0, 0.05) is 32.3 Å². The Kier molecular flexibility index (Phi) is 7.01. The van der Waals surface area contributed by atoms with Gasteiger partial charge in [0.1, 0.15) is 0 Å². The molecule has 0 N–H and O–H groups in total. The summed E-state index contributed by atoms with van der Waals surface area (Å²) >= 11 is 0. The van der Waals surface area contributed by atoms with E-state index in [4.69, 9.17) is 9.26 Å². The lowest BCUT2D eigenvalue weighted by molar-refractivity contribution is -0.00330. The first kappa shape index (κ1) is 19.6. The van der Waals surface area contributed by atoms with Gasteiger partial charge in [0.2, 0.25) is 0 Å². The Morgan fingerprint density at radius 1 is 1.22 bits per heavy atom. The Labute approximate surface area is 161 Å². The fourth-order valence-electron chi connectivity index (χ4n) is 3.42. The zero-order chi connectivity index (χ0) is 19.1. The Balaban J connectivity index is 1.55. The number of hydrogen-bond acceptors (Lipinski definition) is 5. The van der Waals surface area contributed by atoms with E-state index in [1.54, 1.807) is 11.0 Å². The summed E-state index contributed by atoms with van der Waals surface area (Å²) in [5.41, 5.74) is 1.61. The first-order valence-electron chi connectivity index (χ1n) is 9.74. The number of carbonyl (C=O) groups excluding carboxylic acids is 1. The van der Waals surface area contributed by atoms with Crippen LogP contribution in [-0.2, 0) is 17.8 Å². The molecule has 1 aromatic carbocycles. The van der Waals surface area contributed by atoms with Crippen molar-refractivity contribution in [3.8, 4) is 0 Å². The number of hydrogen-bond donors (Lipinski definition) is 0. The minimum Gasteiger partial charge on any atom is -0.376 e. The van der Waals surface area contributed by atoms with Crippen molar-refractivity contribution in [1.29, 1.82) is 0 Å². The zero-order valence-electron chi connectivity index (χ0n) is 16.3. The molecule has 0 radical (unpaired) electrons. The molecule has 6 heteroatoms. The first-order chi connectivity index (χ1) is 13.2. The summed E-state index contributed by atoms with van der Waals surface area (Å²) in [4.78, 5) is 16.7. The number of nitrogens with zero attached hydrogens (tertiary/aromatic N) is 3. The summed E-state index contributed by atoms with van der Waals surface area (Å²) in [5.74, 6) is 0.606. The number of rotatable bonds is 8. The maximum absolute atomic E-state index is 12.8. The van der Waals surface area contributed by atoms with Gasteiger partial charge in [-0.15, -0.1) is 0 Å². The first-order valence-corrected chi connectivity index (χ1v) is 9.74. The normalized spacial score (nSPS) is 17.2. The molecule has 1 amide bonds. The number of ether oxygens (including phenoxy) is 1. The molecule has 1 atom stereocenters. The highest BCUT2D eigenvalue weighted by molar-refractivity contribution is 5.92. The van der Waals surface area contributed by atoms with Crippen LogP contribution in [0.15, 0.2) is 40.9 Å². The molecule has 0 aliphatic carbocycles. The van der Waals surface area contributed by atoms with E-state index < -0.39 is 0 Å². The van der Waals surface area contributed by atoms with Gasteiger partial charge in [-0.1, -0.05) is 35.5 Å². The lowest BCUT2D eigenvalue weighted by atomic mass is 10.1. The van der Waals surface area contributed by atoms with Gasteiger partial charge >= 0.3 is 0 Å². The van der Waals surface area contributed by atoms with Crippen LogP contribution in [0.5, 0.6) is 0 Å². The highest BCUT2D eigenvalue weighted by Gasteiger charge is 2.23. The fourth-order valence-corrected chi connectivity index (χ4v) is 3.42. The molecule has 6 nitrogen and oxygen atoms in total. The molecule has 1 fully saturated rings. The summed E-state index contributed by atoms with van der Waals surface area (Å²) in [5, 5.41) is 4.00. The monoisotopic (exact) mass is 371 g/mol. The molecular weight excluding hydrogens is 342 g/mol. The van der Waals surface area contributed by atoms with Gasteiger partial charge in [-0.25, -0.2) is 0 Å². The minimum absolute atomic E-state index is 0.0904. The molecule has 27 heavy (non-hydrogen) atoms. The average molecular weight is 371 g/mol. The van der Waals surface area contributed by atoms with Crippen molar-refractivity contribution in [1.82, 2.24) is 15.0 Å². The van der Waals surface area contributed by atoms with Crippen molar-refractivity contribution < 1.29 is 14.1 Å². The van der Waals surface area contributed by atoms with Gasteiger partial charge in [0.05, 0.1) is 12.6 Å². The second-order valence-corrected chi connectivity index (χ2v) is 7.17. The second-order valence-electron chi connectivity index (χ2n) is 7.17. The number of amides is 1. The molecule has 0 spiro atoms. The quantitative estimate of drug-likeness (QED) is 0.712. The van der Waals surface area contributed by atoms with E-state index in [1.165, 1.54) is 5.56 Å². The summed E-state index contributed by atoms with van der Waals surface area (Å²) < 4.78 is 11.2. The van der Waals surface area contributed by atoms with Crippen LogP contribution in [0.2, 0.25) is 0 Å². The maximum Gasteiger partial charge on any atom is 0.276 e. The molecule has 0 saturated carbocycles. The number of likely N-dealkylation sites (N-methyl/N-ethyl adjacent to an activating group) is 1. The van der Waals surface area contributed by atoms with E-state index in [-0.39, 0.29) is 12.0 Å². The molecule has 0 bridgehead atoms. The van der Waals surface area contributed by atoms with E-state index in [2.05, 4.69) is 22.2 Å². The fraction of sp³-hybridized carbons (Fsp3) is 0.524. The molecular formula is C21H29N3O3. The maximum atomic E-state index is 12.8. The van der Waals surface area contributed by atoms with E-state index >= 15 is 0 Å². The van der Waals surface area contributed by atoms with Gasteiger partial charge in [0.15, 0.2) is 11.5 Å². The molecule has 1 aliphatic heterocycles. The van der Waals surface area contributed by atoms with Gasteiger partial charge in [0.25, 0.3) is 5.91 Å². The van der Waals surface area contributed by atoms with Crippen LogP contribution in [0.4, 0.5) is 0 Å². The van der Waals surface area contributed by atoms with Crippen molar-refractivity contribution >= 4 is 5.91 Å². The van der Waals surface area contributed by atoms with Crippen molar-refractivity contribution in [2.75, 3.05) is 26.7 Å². The van der Waals surface area contributed by atoms with Crippen molar-refractivity contribution in [2.45, 2.75) is 45.4 Å². The summed E-state index contributed by atoms with van der Waals surface area (Å²) in [6.45, 7) is 5.44. The van der Waals surface area contributed by atoms with Crippen LogP contribution < -0.4 is 0 Å². The molecule has 1 aromatic heterocycles. The lowest BCUT2D eigenvalue weighted by Crippen LogP contribution is -2.39. The predicted molar refractivity (Wildman–Crippen MR) is 103 cm³/mol. The Morgan fingerprint density at radius 2 is 2.04 bits per heavy atom. The van der Waals surface area contributed by atoms with Crippen LogP contribution in [0.1, 0.15) is 48.0 Å². The van der Waals surface area contributed by atoms with Crippen LogP contribution in [0.3, 0.4) is 0 Å². The highest BCUT2D eigenvalue weighted by Crippen LogP contribution is 2.16. The number of benzene rings is 1. The van der Waals surface area contributed by atoms with Crippen LogP contribution in [0, 0.1) is 0 Å². The third-order valence-corrected chi connectivity index (χ3v) is 4.87. The number of carbonyl (C=O) groups is 1. The summed E-state index contributed by atoms with van der Waals surface area (Å²) in [6.07, 6.45) is 3.42. The molecule has 3 rings (SSSR count). The smallest absolute Gasteiger partial charge is 0.276 e. The molecule has 1 aliphatic rings. The largest absolute Gasteiger partial charge is 0.376 e. The highest BCUT2D eigenvalue weighted by atomic mass is 16.5. The summed E-state index contributed by atoms with van der Waals surface area (Å²) in [7, 11) is 2.02. The van der Waals surface area contributed by atoms with E-state index in [9.17, 15) is 4.79 Å². The zero-order valence-corrected chi connectivity index (χ0v) is 16.3. The molecule has 2 heterocycles. The van der Waals surface area contributed by atoms with Crippen LogP contribution in [0.25, 0.3) is 0 Å². The Bertz CT molecular complexity index is 710.